The average molecular weight is 352 g/mol. The molecule has 1 aliphatic heterocycles. The Bertz CT molecular complexity index is 648. The van der Waals surface area contributed by atoms with E-state index in [1.54, 1.807) is 30.5 Å². The Hall–Kier alpha value is -2.05. The van der Waals surface area contributed by atoms with Gasteiger partial charge in [0.1, 0.15) is 17.9 Å². The van der Waals surface area contributed by atoms with Gasteiger partial charge in [-0.3, -0.25) is 10.00 Å². The van der Waals surface area contributed by atoms with Crippen LogP contribution in [0.25, 0.3) is 0 Å². The highest BCUT2D eigenvalue weighted by Crippen LogP contribution is 2.25. The molecule has 0 bridgehead atoms. The Kier molecular flexibility index (Phi) is 6.63. The zero-order chi connectivity index (χ0) is 16.1. The van der Waals surface area contributed by atoms with E-state index in [-0.39, 0.29) is 18.0 Å². The van der Waals surface area contributed by atoms with Gasteiger partial charge in [-0.2, -0.15) is 5.10 Å². The van der Waals surface area contributed by atoms with Gasteiger partial charge in [0, 0.05) is 30.9 Å². The van der Waals surface area contributed by atoms with Crippen LogP contribution in [0.4, 0.5) is 0 Å². The largest absolute Gasteiger partial charge is 0.491 e. The van der Waals surface area contributed by atoms with E-state index in [2.05, 4.69) is 15.1 Å². The molecular formula is C17H22ClN3O3. The number of carbonyl (C=O) groups is 1. The van der Waals surface area contributed by atoms with Crippen LogP contribution in [0, 0.1) is 0 Å². The maximum atomic E-state index is 11.2. The Morgan fingerprint density at radius 3 is 2.96 bits per heavy atom. The number of nitrogens with zero attached hydrogens (tertiary/aromatic N) is 2. The highest BCUT2D eigenvalue weighted by molar-refractivity contribution is 5.90. The quantitative estimate of drug-likeness (QED) is 0.836. The van der Waals surface area contributed by atoms with Gasteiger partial charge in [-0.15, -0.1) is 12.4 Å². The molecule has 1 aromatic heterocycles. The maximum Gasteiger partial charge on any atom is 0.339 e. The fourth-order valence-corrected chi connectivity index (χ4v) is 3.06. The van der Waals surface area contributed by atoms with Crippen molar-refractivity contribution in [3.8, 4) is 5.75 Å². The van der Waals surface area contributed by atoms with Crippen molar-refractivity contribution in [3.05, 3.63) is 47.8 Å². The first-order valence-corrected chi connectivity index (χ1v) is 7.91. The van der Waals surface area contributed by atoms with Gasteiger partial charge >= 0.3 is 5.97 Å². The van der Waals surface area contributed by atoms with E-state index in [0.29, 0.717) is 18.3 Å². The molecule has 0 saturated carbocycles. The molecule has 1 atom stereocenters. The average Bonchev–Trinajstić information content (AvgIpc) is 3.10. The first kappa shape index (κ1) is 18.3. The molecule has 1 fully saturated rings. The summed E-state index contributed by atoms with van der Waals surface area (Å²) in [6, 6.07) is 8.79. The number of rotatable bonds is 6. The van der Waals surface area contributed by atoms with Crippen molar-refractivity contribution in [1.82, 2.24) is 15.1 Å². The molecule has 3 rings (SSSR count). The predicted molar refractivity (Wildman–Crippen MR) is 93.1 cm³/mol. The zero-order valence-electron chi connectivity index (χ0n) is 13.4. The third-order valence-corrected chi connectivity index (χ3v) is 4.25. The summed E-state index contributed by atoms with van der Waals surface area (Å²) in [5.41, 5.74) is 1.40. The number of piperidine rings is 1. The second-order valence-corrected chi connectivity index (χ2v) is 5.80. The van der Waals surface area contributed by atoms with Crippen molar-refractivity contribution in [1.29, 1.82) is 0 Å². The summed E-state index contributed by atoms with van der Waals surface area (Å²) in [5.74, 6) is -0.0439. The Balaban J connectivity index is 0.00000208. The van der Waals surface area contributed by atoms with Crippen LogP contribution in [-0.2, 0) is 0 Å². The molecule has 1 aliphatic rings. The number of likely N-dealkylation sites (tertiary alicyclic amines) is 1. The molecule has 1 unspecified atom stereocenters. The number of hydrogen-bond acceptors (Lipinski definition) is 4. The number of hydrogen-bond donors (Lipinski definition) is 2. The lowest BCUT2D eigenvalue weighted by Gasteiger charge is -2.32. The number of aromatic carboxylic acids is 1. The molecule has 2 heterocycles. The smallest absolute Gasteiger partial charge is 0.339 e. The van der Waals surface area contributed by atoms with Crippen molar-refractivity contribution >= 4 is 18.4 Å². The molecule has 0 aliphatic carbocycles. The molecule has 0 amide bonds. The van der Waals surface area contributed by atoms with Gasteiger partial charge in [0.15, 0.2) is 0 Å². The van der Waals surface area contributed by atoms with Crippen LogP contribution in [0.5, 0.6) is 5.75 Å². The van der Waals surface area contributed by atoms with Gasteiger partial charge in [-0.05, 0) is 37.6 Å². The van der Waals surface area contributed by atoms with E-state index in [1.807, 2.05) is 6.07 Å². The second-order valence-electron chi connectivity index (χ2n) is 5.80. The second kappa shape index (κ2) is 8.70. The van der Waals surface area contributed by atoms with Gasteiger partial charge < -0.3 is 9.84 Å². The van der Waals surface area contributed by atoms with Gasteiger partial charge in [0.25, 0.3) is 0 Å². The van der Waals surface area contributed by atoms with Crippen LogP contribution in [0.3, 0.4) is 0 Å². The maximum absolute atomic E-state index is 11.2. The van der Waals surface area contributed by atoms with Crippen LogP contribution in [0.1, 0.15) is 34.8 Å². The molecule has 6 nitrogen and oxygen atoms in total. The third-order valence-electron chi connectivity index (χ3n) is 4.25. The van der Waals surface area contributed by atoms with Crippen molar-refractivity contribution in [2.45, 2.75) is 18.8 Å². The molecule has 7 heteroatoms. The molecule has 24 heavy (non-hydrogen) atoms. The van der Waals surface area contributed by atoms with E-state index < -0.39 is 5.97 Å². The van der Waals surface area contributed by atoms with E-state index >= 15 is 0 Å². The summed E-state index contributed by atoms with van der Waals surface area (Å²) in [6.45, 7) is 3.30. The monoisotopic (exact) mass is 351 g/mol. The third kappa shape index (κ3) is 4.49. The number of halogens is 1. The number of ether oxygens (including phenoxy) is 1. The van der Waals surface area contributed by atoms with Crippen LogP contribution in [0.2, 0.25) is 0 Å². The number of nitrogens with one attached hydrogen (secondary N) is 1. The lowest BCUT2D eigenvalue weighted by atomic mass is 9.95. The van der Waals surface area contributed by atoms with Gasteiger partial charge in [-0.1, -0.05) is 12.1 Å². The molecule has 2 N–H and O–H groups in total. The number of carboxylic acid groups (broad SMARTS) is 1. The highest BCUT2D eigenvalue weighted by atomic mass is 35.5. The minimum atomic E-state index is -0.960. The van der Waals surface area contributed by atoms with Crippen LogP contribution in [-0.4, -0.2) is 52.4 Å². The molecule has 0 radical (unpaired) electrons. The highest BCUT2D eigenvalue weighted by Gasteiger charge is 2.22. The van der Waals surface area contributed by atoms with Gasteiger partial charge in [0.05, 0.1) is 0 Å². The molecule has 2 aromatic rings. The predicted octanol–water partition coefficient (Wildman–Crippen LogP) is 2.79. The number of carboxylic acids is 1. The lowest BCUT2D eigenvalue weighted by Crippen LogP contribution is -2.37. The molecule has 130 valence electrons. The van der Waals surface area contributed by atoms with Crippen LogP contribution >= 0.6 is 12.4 Å². The lowest BCUT2D eigenvalue weighted by molar-refractivity contribution is 0.0691. The summed E-state index contributed by atoms with van der Waals surface area (Å²) in [4.78, 5) is 13.5. The normalized spacial score (nSPS) is 17.9. The van der Waals surface area contributed by atoms with Crippen LogP contribution < -0.4 is 4.74 Å². The summed E-state index contributed by atoms with van der Waals surface area (Å²) in [5, 5.41) is 16.2. The number of aromatic amines is 1. The minimum Gasteiger partial charge on any atom is -0.491 e. The summed E-state index contributed by atoms with van der Waals surface area (Å²) < 4.78 is 5.68. The summed E-state index contributed by atoms with van der Waals surface area (Å²) in [7, 11) is 0. The van der Waals surface area contributed by atoms with E-state index in [9.17, 15) is 4.79 Å². The molecule has 1 aromatic carbocycles. The summed E-state index contributed by atoms with van der Waals surface area (Å²) in [6.07, 6.45) is 4.11. The Morgan fingerprint density at radius 2 is 2.21 bits per heavy atom. The fraction of sp³-hybridized carbons (Fsp3) is 0.412. The topological polar surface area (TPSA) is 78.5 Å². The Labute approximate surface area is 147 Å². The molecule has 0 spiro atoms. The fourth-order valence-electron chi connectivity index (χ4n) is 3.06. The number of benzene rings is 1. The Morgan fingerprint density at radius 1 is 1.38 bits per heavy atom. The SMILES string of the molecule is Cl.O=C(O)c1ccccc1OCCN1CCCC(c2ccn[nH]2)C1. The van der Waals surface area contributed by atoms with Gasteiger partial charge in [0.2, 0.25) is 0 Å². The number of aromatic nitrogens is 2. The summed E-state index contributed by atoms with van der Waals surface area (Å²) >= 11 is 0. The van der Waals surface area contributed by atoms with Crippen LogP contribution in [0.15, 0.2) is 36.5 Å². The standard InChI is InChI=1S/C17H21N3O3.ClH/c21-17(22)14-5-1-2-6-16(14)23-11-10-20-9-3-4-13(12-20)15-7-8-18-19-15;/h1-2,5-8,13H,3-4,9-12H2,(H,18,19)(H,21,22);1H. The molecular weight excluding hydrogens is 330 g/mol. The van der Waals surface area contributed by atoms with E-state index in [1.165, 1.54) is 12.1 Å². The minimum absolute atomic E-state index is 0. The first-order valence-electron chi connectivity index (χ1n) is 7.91. The van der Waals surface area contributed by atoms with Crippen molar-refractivity contribution in [2.24, 2.45) is 0 Å². The number of para-hydroxylation sites is 1. The number of H-pyrrole nitrogens is 1. The van der Waals surface area contributed by atoms with Crippen molar-refractivity contribution in [2.75, 3.05) is 26.2 Å². The van der Waals surface area contributed by atoms with E-state index in [4.69, 9.17) is 9.84 Å². The molecule has 1 saturated heterocycles. The zero-order valence-corrected chi connectivity index (χ0v) is 14.2. The van der Waals surface area contributed by atoms with Crippen molar-refractivity contribution < 1.29 is 14.6 Å². The van der Waals surface area contributed by atoms with E-state index in [0.717, 1.165) is 26.1 Å². The van der Waals surface area contributed by atoms with Gasteiger partial charge in [-0.25, -0.2) is 4.79 Å². The first-order chi connectivity index (χ1) is 11.2. The van der Waals surface area contributed by atoms with Crippen molar-refractivity contribution in [3.63, 3.8) is 0 Å².